The molecule has 4 heteroatoms. The molecule has 0 heterocycles. The molecule has 1 atom stereocenters. The molecule has 4 rings (SSSR count). The van der Waals surface area contributed by atoms with E-state index >= 15 is 0 Å². The molecule has 0 saturated heterocycles. The van der Waals surface area contributed by atoms with Crippen molar-refractivity contribution in [2.45, 2.75) is 12.8 Å². The second kappa shape index (κ2) is 10.4. The number of halogens is 1. The van der Waals surface area contributed by atoms with E-state index in [0.29, 0.717) is 5.75 Å². The summed E-state index contributed by atoms with van der Waals surface area (Å²) in [5.74, 6) is 0.0840. The smallest absolute Gasteiger partial charge is 0.277 e. The Balaban J connectivity index is 0.00000272. The molecule has 0 N–H and O–H groups in total. The number of hydrogen-bond donors (Lipinski definition) is 0. The lowest BCUT2D eigenvalue weighted by Gasteiger charge is -2.33. The van der Waals surface area contributed by atoms with E-state index in [0.717, 1.165) is 15.9 Å². The number of ether oxygens (including phenoxy) is 1. The molecule has 31 heavy (non-hydrogen) atoms. The summed E-state index contributed by atoms with van der Waals surface area (Å²) in [5.41, 5.74) is 0. The summed E-state index contributed by atoms with van der Waals surface area (Å²) >= 11 is 0. The Morgan fingerprint density at radius 2 is 0.935 bits per heavy atom. The maximum Gasteiger partial charge on any atom is 0.277 e. The Morgan fingerprint density at radius 1 is 0.613 bits per heavy atom. The molecule has 0 aliphatic rings. The molecular formula is C27H24ClO2P. The third-order valence-corrected chi connectivity index (χ3v) is 9.69. The fourth-order valence-electron chi connectivity index (χ4n) is 3.91. The van der Waals surface area contributed by atoms with E-state index in [1.54, 1.807) is 6.92 Å². The van der Waals surface area contributed by atoms with Gasteiger partial charge in [-0.3, -0.25) is 4.79 Å². The quantitative estimate of drug-likeness (QED) is 0.406. The van der Waals surface area contributed by atoms with Crippen molar-refractivity contribution in [1.82, 2.24) is 0 Å². The van der Waals surface area contributed by atoms with Crippen molar-refractivity contribution in [2.75, 3.05) is 0 Å². The van der Waals surface area contributed by atoms with Gasteiger partial charge in [-0.1, -0.05) is 72.8 Å². The summed E-state index contributed by atoms with van der Waals surface area (Å²) in [5, 5.41) is 3.37. The molecule has 0 spiro atoms. The van der Waals surface area contributed by atoms with Gasteiger partial charge in [0.05, 0.1) is 0 Å². The second-order valence-electron chi connectivity index (χ2n) is 7.12. The van der Waals surface area contributed by atoms with Gasteiger partial charge in [0.2, 0.25) is 5.78 Å². The third kappa shape index (κ3) is 4.56. The van der Waals surface area contributed by atoms with Crippen molar-refractivity contribution in [1.29, 1.82) is 0 Å². The fourth-order valence-corrected chi connectivity index (χ4v) is 8.36. The molecule has 156 valence electrons. The minimum Gasteiger partial charge on any atom is -1.00 e. The number of rotatable bonds is 7. The van der Waals surface area contributed by atoms with Gasteiger partial charge in [-0.05, 0) is 48.5 Å². The van der Waals surface area contributed by atoms with E-state index in [-0.39, 0.29) is 18.2 Å². The van der Waals surface area contributed by atoms with E-state index in [1.807, 2.05) is 84.9 Å². The van der Waals surface area contributed by atoms with Crippen LogP contribution in [0, 0.1) is 0 Å². The van der Waals surface area contributed by atoms with Crippen molar-refractivity contribution in [3.05, 3.63) is 121 Å². The van der Waals surface area contributed by atoms with Gasteiger partial charge in [-0.15, -0.1) is 0 Å². The van der Waals surface area contributed by atoms with E-state index in [2.05, 4.69) is 36.4 Å². The van der Waals surface area contributed by atoms with Crippen molar-refractivity contribution >= 4 is 29.0 Å². The molecule has 1 unspecified atom stereocenters. The molecule has 0 amide bonds. The van der Waals surface area contributed by atoms with Crippen LogP contribution in [-0.4, -0.2) is 11.6 Å². The van der Waals surface area contributed by atoms with Crippen LogP contribution in [0.3, 0.4) is 0 Å². The highest BCUT2D eigenvalue weighted by Crippen LogP contribution is 2.60. The summed E-state index contributed by atoms with van der Waals surface area (Å²) in [4.78, 5) is 13.2. The highest BCUT2D eigenvalue weighted by Gasteiger charge is 2.56. The Kier molecular flexibility index (Phi) is 7.63. The molecule has 0 aliphatic heterocycles. The normalized spacial score (nSPS) is 11.8. The highest BCUT2D eigenvalue weighted by atomic mass is 35.5. The van der Waals surface area contributed by atoms with Gasteiger partial charge in [-0.25, -0.2) is 0 Å². The van der Waals surface area contributed by atoms with Gasteiger partial charge in [0.1, 0.15) is 21.7 Å². The van der Waals surface area contributed by atoms with Gasteiger partial charge in [0.25, 0.3) is 5.85 Å². The standard InChI is InChI=1S/C27H24O2P.ClH/c1-22(28)27(29-23-14-6-2-7-15-23)30(24-16-8-3-9-17-24,25-18-10-4-11-19-25)26-20-12-5-13-21-26;/h2-21,27H,1H3;1H/q+1;/p-1. The Labute approximate surface area is 190 Å². The maximum atomic E-state index is 13.2. The van der Waals surface area contributed by atoms with Gasteiger partial charge >= 0.3 is 0 Å². The molecular weight excluding hydrogens is 423 g/mol. The summed E-state index contributed by atoms with van der Waals surface area (Å²) in [7, 11) is -2.46. The van der Waals surface area contributed by atoms with Crippen LogP contribution in [0.1, 0.15) is 6.92 Å². The minimum absolute atomic E-state index is 0. The number of para-hydroxylation sites is 1. The van der Waals surface area contributed by atoms with Crippen LogP contribution in [0.5, 0.6) is 5.75 Å². The Bertz CT molecular complexity index is 990. The SMILES string of the molecule is CC(=O)C(Oc1ccccc1)[P+](c1ccccc1)(c1ccccc1)c1ccccc1.[Cl-]. The number of ketones is 1. The number of carbonyl (C=O) groups excluding carboxylic acids is 1. The number of carbonyl (C=O) groups is 1. The molecule has 0 radical (unpaired) electrons. The van der Waals surface area contributed by atoms with Crippen LogP contribution in [0.15, 0.2) is 121 Å². The first-order valence-corrected chi connectivity index (χ1v) is 11.9. The molecule has 0 bridgehead atoms. The van der Waals surface area contributed by atoms with Gasteiger partial charge in [-0.2, -0.15) is 0 Å². The van der Waals surface area contributed by atoms with Crippen LogP contribution in [0.2, 0.25) is 0 Å². The molecule has 4 aromatic rings. The van der Waals surface area contributed by atoms with Crippen molar-refractivity contribution in [3.8, 4) is 5.75 Å². The summed E-state index contributed by atoms with van der Waals surface area (Å²) < 4.78 is 6.50. The van der Waals surface area contributed by atoms with Crippen molar-refractivity contribution in [3.63, 3.8) is 0 Å². The molecule has 0 aliphatic carbocycles. The minimum atomic E-state index is -2.46. The highest BCUT2D eigenvalue weighted by molar-refractivity contribution is 7.96. The summed E-state index contributed by atoms with van der Waals surface area (Å²) in [6, 6.07) is 40.6. The van der Waals surface area contributed by atoms with Crippen LogP contribution in [-0.2, 0) is 4.79 Å². The van der Waals surface area contributed by atoms with Gasteiger partial charge in [0.15, 0.2) is 7.26 Å². The van der Waals surface area contributed by atoms with Crippen LogP contribution in [0.25, 0.3) is 0 Å². The third-order valence-electron chi connectivity index (χ3n) is 5.18. The lowest BCUT2D eigenvalue weighted by molar-refractivity contribution is -0.120. The Hall–Kier alpha value is -2.93. The van der Waals surface area contributed by atoms with E-state index in [1.165, 1.54) is 0 Å². The number of Topliss-reactive ketones (excluding diaryl/α,β-unsaturated/α-hetero) is 1. The zero-order valence-corrected chi connectivity index (χ0v) is 18.9. The zero-order valence-electron chi connectivity index (χ0n) is 17.3. The first kappa shape index (κ1) is 22.7. The molecule has 4 aromatic carbocycles. The van der Waals surface area contributed by atoms with E-state index in [4.69, 9.17) is 4.74 Å². The first-order chi connectivity index (χ1) is 14.7. The van der Waals surface area contributed by atoms with Gasteiger partial charge < -0.3 is 17.1 Å². The molecule has 0 aromatic heterocycles. The second-order valence-corrected chi connectivity index (χ2v) is 10.6. The van der Waals surface area contributed by atoms with Gasteiger partial charge in [0, 0.05) is 6.92 Å². The fraction of sp³-hybridized carbons (Fsp3) is 0.0741. The van der Waals surface area contributed by atoms with Crippen LogP contribution in [0.4, 0.5) is 0 Å². The largest absolute Gasteiger partial charge is 1.00 e. The monoisotopic (exact) mass is 446 g/mol. The summed E-state index contributed by atoms with van der Waals surface area (Å²) in [6.45, 7) is 1.64. The topological polar surface area (TPSA) is 26.3 Å². The van der Waals surface area contributed by atoms with Crippen molar-refractivity contribution in [2.24, 2.45) is 0 Å². The molecule has 0 fully saturated rings. The lowest BCUT2D eigenvalue weighted by Crippen LogP contribution is -3.00. The Morgan fingerprint density at radius 3 is 1.26 bits per heavy atom. The molecule has 0 saturated carbocycles. The average Bonchev–Trinajstić information content (AvgIpc) is 2.82. The molecule has 2 nitrogen and oxygen atoms in total. The van der Waals surface area contributed by atoms with E-state index in [9.17, 15) is 4.79 Å². The lowest BCUT2D eigenvalue weighted by atomic mass is 10.3. The number of hydrogen-bond acceptors (Lipinski definition) is 2. The predicted octanol–water partition coefficient (Wildman–Crippen LogP) is 1.98. The number of benzene rings is 4. The zero-order chi connectivity index (χ0) is 20.8. The average molecular weight is 447 g/mol. The van der Waals surface area contributed by atoms with E-state index < -0.39 is 13.1 Å². The van der Waals surface area contributed by atoms with Crippen LogP contribution >= 0.6 is 7.26 Å². The first-order valence-electron chi connectivity index (χ1n) is 10.0. The summed E-state index contributed by atoms with van der Waals surface area (Å²) in [6.07, 6.45) is 0. The van der Waals surface area contributed by atoms with Crippen molar-refractivity contribution < 1.29 is 21.9 Å². The van der Waals surface area contributed by atoms with Crippen LogP contribution < -0.4 is 33.1 Å². The predicted molar refractivity (Wildman–Crippen MR) is 127 cm³/mol. The maximum absolute atomic E-state index is 13.2.